The summed E-state index contributed by atoms with van der Waals surface area (Å²) in [4.78, 5) is 29.0. The number of hydrogen-bond donors (Lipinski definition) is 1. The van der Waals surface area contributed by atoms with Crippen molar-refractivity contribution in [1.82, 2.24) is 24.6 Å². The SMILES string of the molecule is COc1ccc(C(C)(C)CNC(=O)Cn2cnc3c(cnn3C)c2=O)cc1. The number of aromatic nitrogens is 4. The van der Waals surface area contributed by atoms with Gasteiger partial charge in [0.05, 0.1) is 13.3 Å². The van der Waals surface area contributed by atoms with E-state index in [4.69, 9.17) is 4.74 Å². The van der Waals surface area contributed by atoms with E-state index in [0.29, 0.717) is 17.6 Å². The van der Waals surface area contributed by atoms with E-state index in [2.05, 4.69) is 15.4 Å². The molecule has 8 heteroatoms. The molecule has 2 heterocycles. The maximum absolute atomic E-state index is 12.4. The van der Waals surface area contributed by atoms with Crippen LogP contribution in [0.25, 0.3) is 11.0 Å². The van der Waals surface area contributed by atoms with Crippen molar-refractivity contribution >= 4 is 16.9 Å². The molecule has 0 saturated carbocycles. The average molecular weight is 369 g/mol. The molecule has 0 bridgehead atoms. The summed E-state index contributed by atoms with van der Waals surface area (Å²) < 4.78 is 7.99. The van der Waals surface area contributed by atoms with Gasteiger partial charge in [-0.3, -0.25) is 18.8 Å². The Balaban J connectivity index is 1.67. The van der Waals surface area contributed by atoms with E-state index < -0.39 is 0 Å². The van der Waals surface area contributed by atoms with Crippen molar-refractivity contribution in [3.05, 3.63) is 52.7 Å². The van der Waals surface area contributed by atoms with Gasteiger partial charge in [-0.25, -0.2) is 4.98 Å². The first kappa shape index (κ1) is 18.6. The molecule has 1 N–H and O–H groups in total. The van der Waals surface area contributed by atoms with Crippen LogP contribution in [0.5, 0.6) is 5.75 Å². The Morgan fingerprint density at radius 2 is 1.96 bits per heavy atom. The van der Waals surface area contributed by atoms with E-state index in [1.165, 1.54) is 21.8 Å². The summed E-state index contributed by atoms with van der Waals surface area (Å²) in [6, 6.07) is 7.76. The van der Waals surface area contributed by atoms with Crippen LogP contribution in [0.2, 0.25) is 0 Å². The van der Waals surface area contributed by atoms with Gasteiger partial charge in [-0.05, 0) is 17.7 Å². The lowest BCUT2D eigenvalue weighted by Gasteiger charge is -2.26. The molecule has 142 valence electrons. The third-order valence-corrected chi connectivity index (χ3v) is 4.63. The Kier molecular flexibility index (Phi) is 4.98. The van der Waals surface area contributed by atoms with E-state index >= 15 is 0 Å². The minimum Gasteiger partial charge on any atom is -0.497 e. The van der Waals surface area contributed by atoms with Gasteiger partial charge in [0.25, 0.3) is 5.56 Å². The highest BCUT2D eigenvalue weighted by Gasteiger charge is 2.22. The first-order valence-electron chi connectivity index (χ1n) is 8.60. The second-order valence-electron chi connectivity index (χ2n) is 7.07. The lowest BCUT2D eigenvalue weighted by molar-refractivity contribution is -0.121. The molecular formula is C19H23N5O3. The Morgan fingerprint density at radius 1 is 1.26 bits per heavy atom. The number of carbonyl (C=O) groups is 1. The van der Waals surface area contributed by atoms with Crippen LogP contribution < -0.4 is 15.6 Å². The predicted octanol–water partition coefficient (Wildman–Crippen LogP) is 1.23. The van der Waals surface area contributed by atoms with Crippen LogP contribution >= 0.6 is 0 Å². The van der Waals surface area contributed by atoms with Crippen LogP contribution in [-0.4, -0.2) is 38.9 Å². The zero-order valence-corrected chi connectivity index (χ0v) is 15.9. The molecule has 0 unspecified atom stereocenters. The zero-order chi connectivity index (χ0) is 19.6. The largest absolute Gasteiger partial charge is 0.497 e. The molecule has 0 spiro atoms. The second-order valence-corrected chi connectivity index (χ2v) is 7.07. The van der Waals surface area contributed by atoms with Crippen molar-refractivity contribution in [3.8, 4) is 5.75 Å². The summed E-state index contributed by atoms with van der Waals surface area (Å²) in [6.07, 6.45) is 2.84. The third kappa shape index (κ3) is 3.84. The van der Waals surface area contributed by atoms with E-state index in [1.807, 2.05) is 38.1 Å². The fourth-order valence-electron chi connectivity index (χ4n) is 2.85. The van der Waals surface area contributed by atoms with Crippen molar-refractivity contribution in [1.29, 1.82) is 0 Å². The zero-order valence-electron chi connectivity index (χ0n) is 15.9. The van der Waals surface area contributed by atoms with Crippen LogP contribution in [0.1, 0.15) is 19.4 Å². The van der Waals surface area contributed by atoms with Crippen LogP contribution in [0.3, 0.4) is 0 Å². The monoisotopic (exact) mass is 369 g/mol. The van der Waals surface area contributed by atoms with Gasteiger partial charge in [-0.2, -0.15) is 5.10 Å². The van der Waals surface area contributed by atoms with Gasteiger partial charge >= 0.3 is 0 Å². The highest BCUT2D eigenvalue weighted by Crippen LogP contribution is 2.24. The smallest absolute Gasteiger partial charge is 0.264 e. The molecular weight excluding hydrogens is 346 g/mol. The molecule has 2 aromatic heterocycles. The molecule has 1 aromatic carbocycles. The summed E-state index contributed by atoms with van der Waals surface area (Å²) in [5, 5.41) is 7.32. The van der Waals surface area contributed by atoms with Crippen LogP contribution in [0, 0.1) is 0 Å². The summed E-state index contributed by atoms with van der Waals surface area (Å²) in [5.74, 6) is 0.542. The van der Waals surface area contributed by atoms with Gasteiger partial charge < -0.3 is 10.1 Å². The molecule has 27 heavy (non-hydrogen) atoms. The fraction of sp³-hybridized carbons (Fsp3) is 0.368. The van der Waals surface area contributed by atoms with Crippen LogP contribution in [0.4, 0.5) is 0 Å². The number of rotatable bonds is 6. The molecule has 0 fully saturated rings. The minimum atomic E-state index is -0.280. The molecule has 0 aliphatic rings. The quantitative estimate of drug-likeness (QED) is 0.706. The highest BCUT2D eigenvalue weighted by atomic mass is 16.5. The number of aryl methyl sites for hydroxylation is 1. The molecule has 0 aliphatic carbocycles. The molecule has 0 aliphatic heterocycles. The van der Waals surface area contributed by atoms with Crippen LogP contribution in [0.15, 0.2) is 41.6 Å². The number of amides is 1. The molecule has 0 saturated heterocycles. The Morgan fingerprint density at radius 3 is 2.63 bits per heavy atom. The van der Waals surface area contributed by atoms with Crippen molar-refractivity contribution in [3.63, 3.8) is 0 Å². The number of nitrogens with zero attached hydrogens (tertiary/aromatic N) is 4. The number of benzene rings is 1. The Hall–Kier alpha value is -3.16. The lowest BCUT2D eigenvalue weighted by atomic mass is 9.84. The van der Waals surface area contributed by atoms with E-state index in [9.17, 15) is 9.59 Å². The van der Waals surface area contributed by atoms with E-state index in [0.717, 1.165) is 11.3 Å². The van der Waals surface area contributed by atoms with Crippen molar-refractivity contribution in [2.75, 3.05) is 13.7 Å². The number of methoxy groups -OCH3 is 1. The fourth-order valence-corrected chi connectivity index (χ4v) is 2.85. The molecule has 0 atom stereocenters. The third-order valence-electron chi connectivity index (χ3n) is 4.63. The molecule has 3 rings (SSSR count). The first-order valence-corrected chi connectivity index (χ1v) is 8.60. The topological polar surface area (TPSA) is 91.0 Å². The van der Waals surface area contributed by atoms with Crippen molar-refractivity contribution < 1.29 is 9.53 Å². The molecule has 8 nitrogen and oxygen atoms in total. The first-order chi connectivity index (χ1) is 12.8. The Bertz CT molecular complexity index is 1020. The lowest BCUT2D eigenvalue weighted by Crippen LogP contribution is -2.39. The summed E-state index contributed by atoms with van der Waals surface area (Å²) in [7, 11) is 3.34. The number of carbonyl (C=O) groups excluding carboxylic acids is 1. The van der Waals surface area contributed by atoms with Gasteiger partial charge in [-0.1, -0.05) is 26.0 Å². The van der Waals surface area contributed by atoms with Crippen molar-refractivity contribution in [2.24, 2.45) is 7.05 Å². The second kappa shape index (κ2) is 7.22. The normalized spacial score (nSPS) is 11.6. The van der Waals surface area contributed by atoms with E-state index in [1.54, 1.807) is 14.2 Å². The van der Waals surface area contributed by atoms with E-state index in [-0.39, 0.29) is 23.4 Å². The summed E-state index contributed by atoms with van der Waals surface area (Å²) >= 11 is 0. The van der Waals surface area contributed by atoms with Gasteiger partial charge in [0.1, 0.15) is 24.0 Å². The van der Waals surface area contributed by atoms with Gasteiger partial charge in [0.2, 0.25) is 5.91 Å². The standard InChI is InChI=1S/C19H23N5O3/c1-19(2,13-5-7-14(27-4)8-6-13)11-20-16(25)10-24-12-21-17-15(18(24)26)9-22-23(17)3/h5-9,12H,10-11H2,1-4H3,(H,20,25). The summed E-state index contributed by atoms with van der Waals surface area (Å²) in [6.45, 7) is 4.44. The van der Waals surface area contributed by atoms with Crippen LogP contribution in [-0.2, 0) is 23.8 Å². The predicted molar refractivity (Wildman–Crippen MR) is 102 cm³/mol. The number of hydrogen-bond acceptors (Lipinski definition) is 5. The van der Waals surface area contributed by atoms with Gasteiger partial charge in [-0.15, -0.1) is 0 Å². The summed E-state index contributed by atoms with van der Waals surface area (Å²) in [5.41, 5.74) is 1.03. The van der Waals surface area contributed by atoms with Gasteiger partial charge in [0, 0.05) is 19.0 Å². The minimum absolute atomic E-state index is 0.0879. The maximum atomic E-state index is 12.4. The molecule has 1 amide bonds. The number of fused-ring (bicyclic) bond motifs is 1. The molecule has 3 aromatic rings. The Labute approximate surface area is 156 Å². The highest BCUT2D eigenvalue weighted by molar-refractivity contribution is 5.77. The molecule has 0 radical (unpaired) electrons. The number of ether oxygens (including phenoxy) is 1. The number of nitrogens with one attached hydrogen (secondary N) is 1. The van der Waals surface area contributed by atoms with Gasteiger partial charge in [0.15, 0.2) is 5.65 Å². The van der Waals surface area contributed by atoms with Crippen molar-refractivity contribution in [2.45, 2.75) is 25.8 Å². The maximum Gasteiger partial charge on any atom is 0.264 e. The average Bonchev–Trinajstić information content (AvgIpc) is 3.04.